The average Bonchev–Trinajstić information content (AvgIpc) is 2.71. The molecule has 1 saturated heterocycles. The highest BCUT2D eigenvalue weighted by atomic mass is 16.8. The van der Waals surface area contributed by atoms with Crippen molar-refractivity contribution in [3.63, 3.8) is 0 Å². The van der Waals surface area contributed by atoms with Gasteiger partial charge in [0.25, 0.3) is 0 Å². The van der Waals surface area contributed by atoms with Crippen LogP contribution in [0.2, 0.25) is 0 Å². The van der Waals surface area contributed by atoms with Gasteiger partial charge in [0.15, 0.2) is 5.79 Å². The molecule has 0 spiro atoms. The second-order valence-corrected chi connectivity index (χ2v) is 5.08. The zero-order valence-corrected chi connectivity index (χ0v) is 10.9. The summed E-state index contributed by atoms with van der Waals surface area (Å²) in [6.45, 7) is 6.28. The summed E-state index contributed by atoms with van der Waals surface area (Å²) >= 11 is 0. The van der Waals surface area contributed by atoms with E-state index < -0.39 is 5.79 Å². The number of amides is 1. The van der Waals surface area contributed by atoms with Crippen molar-refractivity contribution < 1.29 is 19.0 Å². The van der Waals surface area contributed by atoms with Crippen LogP contribution in [0.3, 0.4) is 0 Å². The number of nitrogens with one attached hydrogen (secondary N) is 1. The molecule has 0 unspecified atom stereocenters. The Labute approximate surface area is 102 Å². The standard InChI is InChI=1S/C12H21NO4/c1-5-13-11(14)7-6-8(15-4)10-9(7)16-12(2,3)17-10/h7-10H,5-6H2,1-4H3,(H,13,14)/t7-,8+,9+,10-/m0/s1. The molecule has 98 valence electrons. The topological polar surface area (TPSA) is 56.8 Å². The number of ether oxygens (including phenoxy) is 3. The molecular weight excluding hydrogens is 222 g/mol. The monoisotopic (exact) mass is 243 g/mol. The average molecular weight is 243 g/mol. The van der Waals surface area contributed by atoms with Gasteiger partial charge in [-0.2, -0.15) is 0 Å². The Morgan fingerprint density at radius 3 is 2.65 bits per heavy atom. The van der Waals surface area contributed by atoms with Crippen LogP contribution in [0.5, 0.6) is 0 Å². The van der Waals surface area contributed by atoms with Gasteiger partial charge >= 0.3 is 0 Å². The Morgan fingerprint density at radius 2 is 2.06 bits per heavy atom. The maximum absolute atomic E-state index is 12.0. The first-order valence-electron chi connectivity index (χ1n) is 6.14. The third kappa shape index (κ3) is 2.32. The summed E-state index contributed by atoms with van der Waals surface area (Å²) in [4.78, 5) is 12.0. The second-order valence-electron chi connectivity index (χ2n) is 5.08. The molecule has 5 nitrogen and oxygen atoms in total. The first-order chi connectivity index (χ1) is 7.98. The van der Waals surface area contributed by atoms with Crippen molar-refractivity contribution in [1.29, 1.82) is 0 Å². The molecule has 1 heterocycles. The molecule has 1 amide bonds. The molecule has 0 aromatic heterocycles. The van der Waals surface area contributed by atoms with Crippen molar-refractivity contribution in [3.8, 4) is 0 Å². The number of fused-ring (bicyclic) bond motifs is 1. The van der Waals surface area contributed by atoms with E-state index in [1.54, 1.807) is 7.11 Å². The molecule has 4 atom stereocenters. The maximum atomic E-state index is 12.0. The van der Waals surface area contributed by atoms with Gasteiger partial charge in [0.05, 0.1) is 12.0 Å². The van der Waals surface area contributed by atoms with E-state index in [4.69, 9.17) is 14.2 Å². The fourth-order valence-corrected chi connectivity index (χ4v) is 2.73. The van der Waals surface area contributed by atoms with Crippen LogP contribution >= 0.6 is 0 Å². The lowest BCUT2D eigenvalue weighted by atomic mass is 10.0. The van der Waals surface area contributed by atoms with Crippen LogP contribution in [0, 0.1) is 5.92 Å². The molecule has 5 heteroatoms. The minimum atomic E-state index is -0.628. The fourth-order valence-electron chi connectivity index (χ4n) is 2.73. The molecule has 1 aliphatic carbocycles. The van der Waals surface area contributed by atoms with Gasteiger partial charge in [0, 0.05) is 13.7 Å². The van der Waals surface area contributed by atoms with Gasteiger partial charge in [-0.3, -0.25) is 4.79 Å². The Morgan fingerprint density at radius 1 is 1.41 bits per heavy atom. The summed E-state index contributed by atoms with van der Waals surface area (Å²) in [5.74, 6) is -0.771. The molecule has 1 N–H and O–H groups in total. The van der Waals surface area contributed by atoms with Crippen LogP contribution in [0.4, 0.5) is 0 Å². The van der Waals surface area contributed by atoms with Crippen molar-refractivity contribution in [2.24, 2.45) is 5.92 Å². The largest absolute Gasteiger partial charge is 0.379 e. The summed E-state index contributed by atoms with van der Waals surface area (Å²) in [7, 11) is 1.65. The van der Waals surface area contributed by atoms with Gasteiger partial charge < -0.3 is 19.5 Å². The van der Waals surface area contributed by atoms with Crippen molar-refractivity contribution in [1.82, 2.24) is 5.32 Å². The van der Waals surface area contributed by atoms with Crippen LogP contribution in [0.15, 0.2) is 0 Å². The molecule has 17 heavy (non-hydrogen) atoms. The molecule has 2 rings (SSSR count). The number of methoxy groups -OCH3 is 1. The number of carbonyl (C=O) groups excluding carboxylic acids is 1. The van der Waals surface area contributed by atoms with Crippen molar-refractivity contribution in [2.75, 3.05) is 13.7 Å². The van der Waals surface area contributed by atoms with E-state index >= 15 is 0 Å². The van der Waals surface area contributed by atoms with Crippen LogP contribution in [0.1, 0.15) is 27.2 Å². The maximum Gasteiger partial charge on any atom is 0.225 e. The third-order valence-electron chi connectivity index (χ3n) is 3.40. The lowest BCUT2D eigenvalue weighted by Crippen LogP contribution is -2.37. The Kier molecular flexibility index (Phi) is 3.43. The third-order valence-corrected chi connectivity index (χ3v) is 3.40. The molecule has 0 bridgehead atoms. The normalized spacial score (nSPS) is 39.1. The molecular formula is C12H21NO4. The minimum Gasteiger partial charge on any atom is -0.379 e. The van der Waals surface area contributed by atoms with Gasteiger partial charge in [-0.15, -0.1) is 0 Å². The zero-order chi connectivity index (χ0) is 12.6. The predicted octanol–water partition coefficient (Wildman–Crippen LogP) is 0.677. The zero-order valence-electron chi connectivity index (χ0n) is 10.9. The quantitative estimate of drug-likeness (QED) is 0.792. The highest BCUT2D eigenvalue weighted by Crippen LogP contribution is 2.42. The van der Waals surface area contributed by atoms with E-state index in [0.29, 0.717) is 13.0 Å². The summed E-state index contributed by atoms with van der Waals surface area (Å²) in [5, 5.41) is 2.84. The first kappa shape index (κ1) is 12.8. The fraction of sp³-hybridized carbons (Fsp3) is 0.917. The highest BCUT2D eigenvalue weighted by Gasteiger charge is 2.56. The minimum absolute atomic E-state index is 0.0309. The van der Waals surface area contributed by atoms with Gasteiger partial charge in [-0.25, -0.2) is 0 Å². The van der Waals surface area contributed by atoms with Crippen LogP contribution < -0.4 is 5.32 Å². The van der Waals surface area contributed by atoms with E-state index in [1.807, 2.05) is 20.8 Å². The number of hydrogen-bond acceptors (Lipinski definition) is 4. The number of carbonyl (C=O) groups is 1. The molecule has 2 aliphatic rings. The van der Waals surface area contributed by atoms with E-state index in [9.17, 15) is 4.79 Å². The lowest BCUT2D eigenvalue weighted by molar-refractivity contribution is -0.170. The van der Waals surface area contributed by atoms with Crippen LogP contribution in [-0.2, 0) is 19.0 Å². The van der Waals surface area contributed by atoms with Crippen molar-refractivity contribution >= 4 is 5.91 Å². The Hall–Kier alpha value is -0.650. The summed E-state index contributed by atoms with van der Waals surface area (Å²) in [6, 6.07) is 0. The first-order valence-corrected chi connectivity index (χ1v) is 6.14. The number of hydrogen-bond donors (Lipinski definition) is 1. The molecule has 2 fully saturated rings. The lowest BCUT2D eigenvalue weighted by Gasteiger charge is -2.22. The van der Waals surface area contributed by atoms with Gasteiger partial charge in [0.1, 0.15) is 12.2 Å². The molecule has 1 saturated carbocycles. The van der Waals surface area contributed by atoms with Gasteiger partial charge in [-0.05, 0) is 27.2 Å². The molecule has 0 aromatic carbocycles. The second kappa shape index (κ2) is 4.55. The van der Waals surface area contributed by atoms with E-state index in [0.717, 1.165) is 0 Å². The van der Waals surface area contributed by atoms with Gasteiger partial charge in [0.2, 0.25) is 5.91 Å². The van der Waals surface area contributed by atoms with E-state index in [-0.39, 0.29) is 30.1 Å². The predicted molar refractivity (Wildman–Crippen MR) is 61.4 cm³/mol. The van der Waals surface area contributed by atoms with Crippen molar-refractivity contribution in [3.05, 3.63) is 0 Å². The van der Waals surface area contributed by atoms with Crippen molar-refractivity contribution in [2.45, 2.75) is 51.3 Å². The summed E-state index contributed by atoms with van der Waals surface area (Å²) in [6.07, 6.45) is 0.270. The van der Waals surface area contributed by atoms with Crippen LogP contribution in [0.25, 0.3) is 0 Å². The molecule has 1 aliphatic heterocycles. The number of rotatable bonds is 3. The Bertz CT molecular complexity index is 305. The van der Waals surface area contributed by atoms with E-state index in [2.05, 4.69) is 5.32 Å². The highest BCUT2D eigenvalue weighted by molar-refractivity contribution is 5.79. The van der Waals surface area contributed by atoms with Gasteiger partial charge in [-0.1, -0.05) is 0 Å². The Balaban J connectivity index is 2.12. The van der Waals surface area contributed by atoms with E-state index in [1.165, 1.54) is 0 Å². The summed E-state index contributed by atoms with van der Waals surface area (Å²) < 4.78 is 17.0. The van der Waals surface area contributed by atoms with Crippen LogP contribution in [-0.4, -0.2) is 43.7 Å². The smallest absolute Gasteiger partial charge is 0.225 e. The SMILES string of the molecule is CCNC(=O)[C@H]1C[C@@H](OC)[C@@H]2OC(C)(C)O[C@@H]21. The molecule has 0 aromatic rings. The summed E-state index contributed by atoms with van der Waals surface area (Å²) in [5.41, 5.74) is 0. The molecule has 0 radical (unpaired) electrons.